The smallest absolute Gasteiger partial charge is 0.0438 e. The van der Waals surface area contributed by atoms with E-state index in [9.17, 15) is 0 Å². The van der Waals surface area contributed by atoms with Crippen molar-refractivity contribution in [1.29, 1.82) is 0 Å². The maximum Gasteiger partial charge on any atom is 0.0438 e. The molecule has 21 heavy (non-hydrogen) atoms. The first-order chi connectivity index (χ1) is 10.2. The van der Waals surface area contributed by atoms with Crippen molar-refractivity contribution in [1.82, 2.24) is 5.32 Å². The van der Waals surface area contributed by atoms with Gasteiger partial charge in [0.05, 0.1) is 0 Å². The Morgan fingerprint density at radius 2 is 1.90 bits per heavy atom. The van der Waals surface area contributed by atoms with Crippen molar-refractivity contribution in [2.24, 2.45) is 11.8 Å². The molecule has 2 rings (SSSR count). The fourth-order valence-corrected chi connectivity index (χ4v) is 3.78. The van der Waals surface area contributed by atoms with Crippen molar-refractivity contribution in [2.45, 2.75) is 65.3 Å². The fraction of sp³-hybridized carbons (Fsp3) is 0.684. The minimum Gasteiger partial charge on any atom is -0.310 e. The van der Waals surface area contributed by atoms with E-state index in [0.717, 1.165) is 23.4 Å². The molecule has 1 saturated carbocycles. The summed E-state index contributed by atoms with van der Waals surface area (Å²) in [6, 6.07) is 7.08. The van der Waals surface area contributed by atoms with Gasteiger partial charge in [0.2, 0.25) is 0 Å². The standard InChI is InChI=1S/C19H30ClN/c1-4-12-21-19(16-10-7-15(5-2)8-11-16)17-9-6-14(3)18(20)13-17/h6,9,13,15-16,19,21H,4-5,7-8,10-12H2,1-3H3. The van der Waals surface area contributed by atoms with Crippen LogP contribution in [-0.4, -0.2) is 6.54 Å². The highest BCUT2D eigenvalue weighted by Crippen LogP contribution is 2.38. The predicted octanol–water partition coefficient (Wildman–Crippen LogP) is 5.91. The number of aryl methyl sites for hydroxylation is 1. The van der Waals surface area contributed by atoms with Crippen molar-refractivity contribution in [2.75, 3.05) is 6.54 Å². The van der Waals surface area contributed by atoms with E-state index in [4.69, 9.17) is 11.6 Å². The molecule has 1 aromatic rings. The van der Waals surface area contributed by atoms with E-state index in [2.05, 4.69) is 44.3 Å². The molecule has 0 saturated heterocycles. The molecular weight excluding hydrogens is 278 g/mol. The van der Waals surface area contributed by atoms with Gasteiger partial charge in [-0.3, -0.25) is 0 Å². The third kappa shape index (κ3) is 4.47. The van der Waals surface area contributed by atoms with Gasteiger partial charge < -0.3 is 5.32 Å². The molecule has 1 aliphatic rings. The average Bonchev–Trinajstić information content (AvgIpc) is 2.51. The molecule has 0 aromatic heterocycles. The molecule has 1 aromatic carbocycles. The Morgan fingerprint density at radius 1 is 1.19 bits per heavy atom. The van der Waals surface area contributed by atoms with Crippen LogP contribution in [0.15, 0.2) is 18.2 Å². The van der Waals surface area contributed by atoms with E-state index >= 15 is 0 Å². The highest BCUT2D eigenvalue weighted by atomic mass is 35.5. The zero-order chi connectivity index (χ0) is 15.2. The Bertz CT molecular complexity index is 435. The average molecular weight is 308 g/mol. The summed E-state index contributed by atoms with van der Waals surface area (Å²) in [6.45, 7) is 7.73. The third-order valence-corrected chi connectivity index (χ3v) is 5.52. The Morgan fingerprint density at radius 3 is 2.48 bits per heavy atom. The van der Waals surface area contributed by atoms with Crippen LogP contribution in [0.3, 0.4) is 0 Å². The van der Waals surface area contributed by atoms with E-state index in [1.165, 1.54) is 49.7 Å². The molecule has 1 N–H and O–H groups in total. The largest absolute Gasteiger partial charge is 0.310 e. The van der Waals surface area contributed by atoms with Crippen LogP contribution in [0.25, 0.3) is 0 Å². The summed E-state index contributed by atoms with van der Waals surface area (Å²) >= 11 is 6.35. The molecule has 0 amide bonds. The Kier molecular flexibility index (Phi) is 6.57. The second-order valence-electron chi connectivity index (χ2n) is 6.63. The van der Waals surface area contributed by atoms with E-state index in [1.807, 2.05) is 0 Å². The summed E-state index contributed by atoms with van der Waals surface area (Å²) in [5.74, 6) is 1.72. The molecule has 1 nitrogen and oxygen atoms in total. The SMILES string of the molecule is CCCNC(c1ccc(C)c(Cl)c1)C1CCC(CC)CC1. The summed E-state index contributed by atoms with van der Waals surface area (Å²) in [4.78, 5) is 0. The van der Waals surface area contributed by atoms with Gasteiger partial charge in [0, 0.05) is 11.1 Å². The quantitative estimate of drug-likeness (QED) is 0.689. The molecule has 118 valence electrons. The predicted molar refractivity (Wildman–Crippen MR) is 93.0 cm³/mol. The van der Waals surface area contributed by atoms with E-state index in [-0.39, 0.29) is 0 Å². The minimum atomic E-state index is 0.473. The first kappa shape index (κ1) is 16.8. The molecule has 0 heterocycles. The van der Waals surface area contributed by atoms with Gasteiger partial charge in [-0.15, -0.1) is 0 Å². The summed E-state index contributed by atoms with van der Waals surface area (Å²) in [5.41, 5.74) is 2.54. The van der Waals surface area contributed by atoms with E-state index in [0.29, 0.717) is 6.04 Å². The maximum atomic E-state index is 6.35. The lowest BCUT2D eigenvalue weighted by molar-refractivity contribution is 0.219. The first-order valence-corrected chi connectivity index (χ1v) is 9.02. The van der Waals surface area contributed by atoms with Crippen molar-refractivity contribution in [3.05, 3.63) is 34.3 Å². The maximum absolute atomic E-state index is 6.35. The molecule has 1 fully saturated rings. The van der Waals surface area contributed by atoms with Gasteiger partial charge in [-0.2, -0.15) is 0 Å². The minimum absolute atomic E-state index is 0.473. The van der Waals surface area contributed by atoms with E-state index in [1.54, 1.807) is 0 Å². The molecule has 2 heteroatoms. The lowest BCUT2D eigenvalue weighted by Gasteiger charge is -2.34. The van der Waals surface area contributed by atoms with Gasteiger partial charge in [-0.25, -0.2) is 0 Å². The van der Waals surface area contributed by atoms with Crippen LogP contribution in [0.4, 0.5) is 0 Å². The monoisotopic (exact) mass is 307 g/mol. The lowest BCUT2D eigenvalue weighted by atomic mass is 9.76. The number of rotatable bonds is 6. The van der Waals surface area contributed by atoms with Gasteiger partial charge in [0.15, 0.2) is 0 Å². The highest BCUT2D eigenvalue weighted by Gasteiger charge is 2.27. The number of nitrogens with one attached hydrogen (secondary N) is 1. The molecule has 1 atom stereocenters. The Balaban J connectivity index is 2.12. The van der Waals surface area contributed by atoms with E-state index < -0.39 is 0 Å². The zero-order valence-corrected chi connectivity index (χ0v) is 14.5. The van der Waals surface area contributed by atoms with Gasteiger partial charge in [-0.1, -0.05) is 56.8 Å². The summed E-state index contributed by atoms with van der Waals surface area (Å²) < 4.78 is 0. The van der Waals surface area contributed by atoms with Crippen LogP contribution in [0, 0.1) is 18.8 Å². The first-order valence-electron chi connectivity index (χ1n) is 8.65. The van der Waals surface area contributed by atoms with Gasteiger partial charge in [0.1, 0.15) is 0 Å². The van der Waals surface area contributed by atoms with Gasteiger partial charge >= 0.3 is 0 Å². The molecule has 1 aliphatic carbocycles. The summed E-state index contributed by atoms with van der Waals surface area (Å²) in [5, 5.41) is 4.68. The van der Waals surface area contributed by atoms with Crippen LogP contribution < -0.4 is 5.32 Å². The van der Waals surface area contributed by atoms with Gasteiger partial charge in [-0.05, 0) is 61.8 Å². The second kappa shape index (κ2) is 8.19. The van der Waals surface area contributed by atoms with Crippen LogP contribution in [-0.2, 0) is 0 Å². The molecule has 1 unspecified atom stereocenters. The number of benzene rings is 1. The Hall–Kier alpha value is -0.530. The van der Waals surface area contributed by atoms with Crippen molar-refractivity contribution in [3.63, 3.8) is 0 Å². The number of hydrogen-bond donors (Lipinski definition) is 1. The zero-order valence-electron chi connectivity index (χ0n) is 13.8. The number of hydrogen-bond acceptors (Lipinski definition) is 1. The van der Waals surface area contributed by atoms with Crippen LogP contribution >= 0.6 is 11.6 Å². The molecule has 0 bridgehead atoms. The summed E-state index contributed by atoms with van der Waals surface area (Å²) in [6.07, 6.45) is 8.02. The highest BCUT2D eigenvalue weighted by molar-refractivity contribution is 6.31. The van der Waals surface area contributed by atoms with Crippen molar-refractivity contribution in [3.8, 4) is 0 Å². The molecule has 0 radical (unpaired) electrons. The van der Waals surface area contributed by atoms with Gasteiger partial charge in [0.25, 0.3) is 0 Å². The fourth-order valence-electron chi connectivity index (χ4n) is 3.59. The normalized spacial score (nSPS) is 24.0. The summed E-state index contributed by atoms with van der Waals surface area (Å²) in [7, 11) is 0. The van der Waals surface area contributed by atoms with Crippen LogP contribution in [0.1, 0.15) is 69.5 Å². The topological polar surface area (TPSA) is 12.0 Å². The third-order valence-electron chi connectivity index (χ3n) is 5.11. The van der Waals surface area contributed by atoms with Crippen molar-refractivity contribution >= 4 is 11.6 Å². The Labute approximate surface area is 135 Å². The molecule has 0 spiro atoms. The second-order valence-corrected chi connectivity index (χ2v) is 7.04. The van der Waals surface area contributed by atoms with Crippen molar-refractivity contribution < 1.29 is 0 Å². The molecular formula is C19H30ClN. The number of halogens is 1. The lowest BCUT2D eigenvalue weighted by Crippen LogP contribution is -2.31. The molecule has 0 aliphatic heterocycles. The van der Waals surface area contributed by atoms with Crippen LogP contribution in [0.2, 0.25) is 5.02 Å². The van der Waals surface area contributed by atoms with Crippen LogP contribution in [0.5, 0.6) is 0 Å².